The minimum absolute atomic E-state index is 0.00822. The molecule has 0 saturated heterocycles. The molecule has 0 atom stereocenters. The molecule has 1 amide bonds. The highest BCUT2D eigenvalue weighted by Crippen LogP contribution is 2.36. The normalized spacial score (nSPS) is 14.2. The Morgan fingerprint density at radius 3 is 2.22 bits per heavy atom. The maximum absolute atomic E-state index is 13.4. The number of carbonyl (C=O) groups excluding carboxylic acids is 1. The van der Waals surface area contributed by atoms with Crippen LogP contribution in [0.3, 0.4) is 0 Å². The first-order valence-electron chi connectivity index (χ1n) is 10.8. The Hall–Kier alpha value is -3.35. The zero-order valence-corrected chi connectivity index (χ0v) is 19.2. The summed E-state index contributed by atoms with van der Waals surface area (Å²) in [5, 5.41) is 0.356. The van der Waals surface area contributed by atoms with E-state index in [-0.39, 0.29) is 22.8 Å². The van der Waals surface area contributed by atoms with Gasteiger partial charge in [-0.25, -0.2) is 9.66 Å². The molecule has 1 heterocycles. The number of amides is 1. The fourth-order valence-corrected chi connectivity index (χ4v) is 3.87. The van der Waals surface area contributed by atoms with E-state index in [1.807, 2.05) is 12.1 Å². The number of methoxy groups -OCH3 is 2. The van der Waals surface area contributed by atoms with E-state index in [0.717, 1.165) is 24.8 Å². The molecular weight excluding hydrogens is 406 g/mol. The van der Waals surface area contributed by atoms with E-state index in [4.69, 9.17) is 14.5 Å². The number of aromatic nitrogens is 2. The summed E-state index contributed by atoms with van der Waals surface area (Å²) in [6.07, 6.45) is 2.94. The van der Waals surface area contributed by atoms with E-state index in [0.29, 0.717) is 33.8 Å². The van der Waals surface area contributed by atoms with E-state index in [2.05, 4.69) is 26.2 Å². The van der Waals surface area contributed by atoms with Crippen LogP contribution in [-0.2, 0) is 5.41 Å². The van der Waals surface area contributed by atoms with Crippen molar-refractivity contribution < 1.29 is 14.3 Å². The van der Waals surface area contributed by atoms with Gasteiger partial charge >= 0.3 is 0 Å². The average molecular weight is 436 g/mol. The predicted molar refractivity (Wildman–Crippen MR) is 125 cm³/mol. The lowest BCUT2D eigenvalue weighted by Gasteiger charge is -2.27. The van der Waals surface area contributed by atoms with Crippen molar-refractivity contribution in [3.05, 3.63) is 63.7 Å². The third kappa shape index (κ3) is 3.95. The molecule has 4 rings (SSSR count). The van der Waals surface area contributed by atoms with Gasteiger partial charge in [-0.3, -0.25) is 15.0 Å². The van der Waals surface area contributed by atoms with Crippen molar-refractivity contribution in [3.63, 3.8) is 0 Å². The molecule has 1 saturated carbocycles. The number of ether oxygens (including phenoxy) is 2. The zero-order valence-electron chi connectivity index (χ0n) is 19.2. The molecule has 7 nitrogen and oxygen atoms in total. The predicted octanol–water partition coefficient (Wildman–Crippen LogP) is 4.36. The summed E-state index contributed by atoms with van der Waals surface area (Å²) in [6.45, 7) is 6.36. The van der Waals surface area contributed by atoms with Gasteiger partial charge in [-0.1, -0.05) is 39.3 Å². The zero-order chi connectivity index (χ0) is 23.0. The summed E-state index contributed by atoms with van der Waals surface area (Å²) in [5.41, 5.74) is 4.59. The quantitative estimate of drug-likeness (QED) is 0.644. The van der Waals surface area contributed by atoms with Crippen LogP contribution in [0.2, 0.25) is 0 Å². The smallest absolute Gasteiger partial charge is 0.280 e. The average Bonchev–Trinajstić information content (AvgIpc) is 2.73. The van der Waals surface area contributed by atoms with Crippen LogP contribution in [-0.4, -0.2) is 29.8 Å². The second-order valence-electron chi connectivity index (χ2n) is 9.23. The Morgan fingerprint density at radius 2 is 1.69 bits per heavy atom. The monoisotopic (exact) mass is 435 g/mol. The summed E-state index contributed by atoms with van der Waals surface area (Å²) in [7, 11) is 3.06. The van der Waals surface area contributed by atoms with Gasteiger partial charge in [0.15, 0.2) is 11.5 Å². The van der Waals surface area contributed by atoms with Gasteiger partial charge in [0.2, 0.25) is 0 Å². The van der Waals surface area contributed by atoms with Crippen LogP contribution in [0.1, 0.15) is 67.7 Å². The SMILES string of the molecule is COc1cc2nc(C3CCC3)n(NC(=O)c3ccc(C(C)(C)C)cc3)c(=O)c2cc1OC. The number of fused-ring (bicyclic) bond motifs is 1. The van der Waals surface area contributed by atoms with Gasteiger partial charge < -0.3 is 9.47 Å². The van der Waals surface area contributed by atoms with Crippen molar-refractivity contribution in [2.24, 2.45) is 0 Å². The molecule has 1 fully saturated rings. The molecule has 1 N–H and O–H groups in total. The first kappa shape index (κ1) is 21.9. The number of carbonyl (C=O) groups is 1. The number of nitrogens with zero attached hydrogens (tertiary/aromatic N) is 2. The van der Waals surface area contributed by atoms with Gasteiger partial charge in [-0.05, 0) is 42.0 Å². The molecule has 0 spiro atoms. The van der Waals surface area contributed by atoms with E-state index in [9.17, 15) is 9.59 Å². The maximum Gasteiger partial charge on any atom is 0.280 e. The van der Waals surface area contributed by atoms with Crippen molar-refractivity contribution in [2.45, 2.75) is 51.4 Å². The van der Waals surface area contributed by atoms with E-state index < -0.39 is 0 Å². The molecule has 0 unspecified atom stereocenters. The topological polar surface area (TPSA) is 82.5 Å². The molecule has 1 aliphatic carbocycles. The summed E-state index contributed by atoms with van der Waals surface area (Å²) in [6, 6.07) is 10.8. The second kappa shape index (κ2) is 8.30. The van der Waals surface area contributed by atoms with Crippen LogP contribution in [0.4, 0.5) is 0 Å². The Morgan fingerprint density at radius 1 is 1.06 bits per heavy atom. The summed E-state index contributed by atoms with van der Waals surface area (Å²) in [5.74, 6) is 1.29. The summed E-state index contributed by atoms with van der Waals surface area (Å²) >= 11 is 0. The maximum atomic E-state index is 13.4. The van der Waals surface area contributed by atoms with Crippen molar-refractivity contribution in [1.29, 1.82) is 0 Å². The summed E-state index contributed by atoms with van der Waals surface area (Å²) < 4.78 is 12.0. The minimum atomic E-state index is -0.352. The lowest BCUT2D eigenvalue weighted by Crippen LogP contribution is -2.38. The number of rotatable bonds is 5. The minimum Gasteiger partial charge on any atom is -0.493 e. The molecule has 0 bridgehead atoms. The standard InChI is InChI=1S/C25H29N3O4/c1-25(2,3)17-11-9-16(10-12-17)23(29)27-28-22(15-7-6-8-15)26-19-14-21(32-5)20(31-4)13-18(19)24(28)30/h9-15H,6-8H2,1-5H3,(H,27,29). The Balaban J connectivity index is 1.77. The van der Waals surface area contributed by atoms with Gasteiger partial charge in [0.05, 0.1) is 25.1 Å². The molecule has 0 radical (unpaired) electrons. The third-order valence-electron chi connectivity index (χ3n) is 6.10. The lowest BCUT2D eigenvalue weighted by molar-refractivity contribution is 0.100. The second-order valence-corrected chi connectivity index (χ2v) is 9.23. The lowest BCUT2D eigenvalue weighted by atomic mass is 9.84. The van der Waals surface area contributed by atoms with Gasteiger partial charge in [-0.2, -0.15) is 0 Å². The largest absolute Gasteiger partial charge is 0.493 e. The number of nitrogens with one attached hydrogen (secondary N) is 1. The van der Waals surface area contributed by atoms with Crippen molar-refractivity contribution in [1.82, 2.24) is 9.66 Å². The van der Waals surface area contributed by atoms with Crippen LogP contribution in [0.5, 0.6) is 11.5 Å². The Labute approximate surface area is 187 Å². The molecule has 0 aliphatic heterocycles. The van der Waals surface area contributed by atoms with Crippen LogP contribution < -0.4 is 20.5 Å². The van der Waals surface area contributed by atoms with Gasteiger partial charge in [-0.15, -0.1) is 0 Å². The van der Waals surface area contributed by atoms with Crippen LogP contribution in [0.15, 0.2) is 41.2 Å². The number of hydrogen-bond acceptors (Lipinski definition) is 5. The molecule has 3 aromatic rings. The van der Waals surface area contributed by atoms with Crippen molar-refractivity contribution in [3.8, 4) is 11.5 Å². The van der Waals surface area contributed by atoms with Gasteiger partial charge in [0, 0.05) is 17.5 Å². The molecule has 32 heavy (non-hydrogen) atoms. The highest BCUT2D eigenvalue weighted by Gasteiger charge is 2.27. The highest BCUT2D eigenvalue weighted by atomic mass is 16.5. The highest BCUT2D eigenvalue weighted by molar-refractivity contribution is 6.00. The molecule has 1 aromatic heterocycles. The summed E-state index contributed by atoms with van der Waals surface area (Å²) in [4.78, 5) is 31.2. The molecule has 2 aromatic carbocycles. The van der Waals surface area contributed by atoms with Crippen LogP contribution in [0, 0.1) is 0 Å². The molecule has 1 aliphatic rings. The molecular formula is C25H29N3O4. The van der Waals surface area contributed by atoms with Crippen LogP contribution >= 0.6 is 0 Å². The van der Waals surface area contributed by atoms with Crippen molar-refractivity contribution >= 4 is 16.8 Å². The Bertz CT molecular complexity index is 1220. The van der Waals surface area contributed by atoms with E-state index in [1.54, 1.807) is 31.4 Å². The molecule has 168 valence electrons. The van der Waals surface area contributed by atoms with Gasteiger partial charge in [0.1, 0.15) is 5.82 Å². The molecule has 7 heteroatoms. The first-order chi connectivity index (χ1) is 15.2. The number of hydrogen-bond donors (Lipinski definition) is 1. The van der Waals surface area contributed by atoms with Crippen molar-refractivity contribution in [2.75, 3.05) is 19.6 Å². The fourth-order valence-electron chi connectivity index (χ4n) is 3.87. The van der Waals surface area contributed by atoms with E-state index >= 15 is 0 Å². The fraction of sp³-hybridized carbons (Fsp3) is 0.400. The van der Waals surface area contributed by atoms with E-state index in [1.165, 1.54) is 11.8 Å². The Kier molecular flexibility index (Phi) is 5.67. The number of benzene rings is 2. The van der Waals surface area contributed by atoms with Gasteiger partial charge in [0.25, 0.3) is 11.5 Å². The first-order valence-corrected chi connectivity index (χ1v) is 10.8. The third-order valence-corrected chi connectivity index (χ3v) is 6.10. The van der Waals surface area contributed by atoms with Crippen LogP contribution in [0.25, 0.3) is 10.9 Å².